The van der Waals surface area contributed by atoms with E-state index < -0.39 is 0 Å². The first-order valence-electron chi connectivity index (χ1n) is 5.57. The highest BCUT2D eigenvalue weighted by Crippen LogP contribution is 2.17. The Balaban J connectivity index is 0.000000165. The predicted octanol–water partition coefficient (Wildman–Crippen LogP) is 4.31. The van der Waals surface area contributed by atoms with Crippen LogP contribution >= 0.6 is 0 Å². The molecule has 1 aromatic carbocycles. The molecule has 2 rings (SSSR count). The topological polar surface area (TPSA) is 12.4 Å². The summed E-state index contributed by atoms with van der Waals surface area (Å²) < 4.78 is 0. The van der Waals surface area contributed by atoms with Crippen molar-refractivity contribution in [3.63, 3.8) is 0 Å². The largest absolute Gasteiger partial charge is 0.269 e. The molecule has 1 aliphatic carbocycles. The van der Waals surface area contributed by atoms with Gasteiger partial charge in [-0.05, 0) is 39.5 Å². The summed E-state index contributed by atoms with van der Waals surface area (Å²) in [6, 6.07) is 10.3. The van der Waals surface area contributed by atoms with Crippen LogP contribution in [0.1, 0.15) is 25.3 Å². The van der Waals surface area contributed by atoms with Crippen LogP contribution in [0.5, 0.6) is 0 Å². The molecule has 16 heavy (non-hydrogen) atoms. The van der Waals surface area contributed by atoms with Crippen LogP contribution in [0.3, 0.4) is 0 Å². The molecule has 1 aliphatic rings. The summed E-state index contributed by atoms with van der Waals surface area (Å²) in [5, 5.41) is 0. The predicted molar refractivity (Wildman–Crippen MR) is 71.8 cm³/mol. The van der Waals surface area contributed by atoms with Crippen LogP contribution in [0.25, 0.3) is 0 Å². The van der Waals surface area contributed by atoms with Crippen molar-refractivity contribution in [2.24, 2.45) is 4.99 Å². The molecule has 0 bridgehead atoms. The number of benzene rings is 1. The number of allylic oxidation sites excluding steroid dienone is 4. The van der Waals surface area contributed by atoms with E-state index in [1.54, 1.807) is 0 Å². The molecule has 1 heteroatoms. The third-order valence-corrected chi connectivity index (χ3v) is 2.48. The van der Waals surface area contributed by atoms with Gasteiger partial charge in [0.25, 0.3) is 0 Å². The maximum Gasteiger partial charge on any atom is 0.0399 e. The van der Waals surface area contributed by atoms with Gasteiger partial charge >= 0.3 is 0 Å². The Morgan fingerprint density at radius 2 is 1.69 bits per heavy atom. The molecule has 0 unspecified atom stereocenters. The maximum atomic E-state index is 3.85. The monoisotopic (exact) mass is 213 g/mol. The number of rotatable bonds is 1. The lowest BCUT2D eigenvalue weighted by atomic mass is 10.0. The minimum Gasteiger partial charge on any atom is -0.269 e. The van der Waals surface area contributed by atoms with Crippen LogP contribution in [0, 0.1) is 6.92 Å². The van der Waals surface area contributed by atoms with Crippen molar-refractivity contribution >= 4 is 6.72 Å². The molecule has 0 N–H and O–H groups in total. The summed E-state index contributed by atoms with van der Waals surface area (Å²) >= 11 is 0. The first-order valence-corrected chi connectivity index (χ1v) is 5.57. The second-order valence-corrected chi connectivity index (χ2v) is 3.98. The van der Waals surface area contributed by atoms with Crippen LogP contribution in [0.2, 0.25) is 0 Å². The third kappa shape index (κ3) is 4.74. The lowest BCUT2D eigenvalue weighted by molar-refractivity contribution is 0.895. The van der Waals surface area contributed by atoms with Crippen LogP contribution in [-0.4, -0.2) is 6.72 Å². The zero-order valence-corrected chi connectivity index (χ0v) is 10.1. The molecular weight excluding hydrogens is 194 g/mol. The number of hydrogen-bond acceptors (Lipinski definition) is 1. The van der Waals surface area contributed by atoms with Crippen molar-refractivity contribution in [2.75, 3.05) is 0 Å². The Kier molecular flexibility index (Phi) is 5.27. The number of aliphatic imine (C=N–C) groups is 1. The van der Waals surface area contributed by atoms with Gasteiger partial charge in [0.1, 0.15) is 0 Å². The highest BCUT2D eigenvalue weighted by atomic mass is 14.7. The molecular formula is C15H19N. The molecule has 1 aromatic rings. The van der Waals surface area contributed by atoms with E-state index >= 15 is 0 Å². The van der Waals surface area contributed by atoms with E-state index in [2.05, 4.69) is 43.8 Å². The molecule has 0 fully saturated rings. The molecule has 0 radical (unpaired) electrons. The van der Waals surface area contributed by atoms with Gasteiger partial charge in [0.05, 0.1) is 0 Å². The molecule has 0 aromatic heterocycles. The van der Waals surface area contributed by atoms with Gasteiger partial charge in [-0.2, -0.15) is 0 Å². The second kappa shape index (κ2) is 6.78. The summed E-state index contributed by atoms with van der Waals surface area (Å²) in [4.78, 5) is 3.85. The van der Waals surface area contributed by atoms with Crippen molar-refractivity contribution in [1.82, 2.24) is 0 Å². The fourth-order valence-corrected chi connectivity index (χ4v) is 1.40. The summed E-state index contributed by atoms with van der Waals surface area (Å²) in [5.41, 5.74) is 3.87. The minimum atomic E-state index is 1.06. The average Bonchev–Trinajstić information content (AvgIpc) is 2.32. The van der Waals surface area contributed by atoms with E-state index in [1.807, 2.05) is 24.3 Å². The normalized spacial score (nSPS) is 14.1. The molecule has 0 saturated carbocycles. The number of hydrogen-bond donors (Lipinski definition) is 0. The zero-order chi connectivity index (χ0) is 11.8. The molecule has 0 atom stereocenters. The van der Waals surface area contributed by atoms with Crippen LogP contribution in [-0.2, 0) is 0 Å². The standard InChI is InChI=1S/C8H11N.C7H8/c1-7-3-5-8(9-2)6-4-7;1-7-5-3-2-4-6-7/h3,5H,2,4,6H2,1H3;2-6H,1H3. The van der Waals surface area contributed by atoms with Gasteiger partial charge in [-0.15, -0.1) is 0 Å². The van der Waals surface area contributed by atoms with E-state index in [0.29, 0.717) is 0 Å². The molecule has 0 aliphatic heterocycles. The van der Waals surface area contributed by atoms with E-state index in [-0.39, 0.29) is 0 Å². The van der Waals surface area contributed by atoms with Gasteiger partial charge in [-0.25, -0.2) is 0 Å². The lowest BCUT2D eigenvalue weighted by Gasteiger charge is -2.05. The van der Waals surface area contributed by atoms with E-state index in [9.17, 15) is 0 Å². The Morgan fingerprint density at radius 1 is 1.00 bits per heavy atom. The first-order chi connectivity index (χ1) is 7.72. The summed E-state index contributed by atoms with van der Waals surface area (Å²) in [7, 11) is 0. The molecule has 1 nitrogen and oxygen atoms in total. The SMILES string of the molecule is C=NC1=CC=C(C)CC1.Cc1ccccc1. The van der Waals surface area contributed by atoms with Crippen molar-refractivity contribution in [2.45, 2.75) is 26.7 Å². The summed E-state index contributed by atoms with van der Waals surface area (Å²) in [5.74, 6) is 0. The van der Waals surface area contributed by atoms with Crippen molar-refractivity contribution in [3.8, 4) is 0 Å². The fraction of sp³-hybridized carbons (Fsp3) is 0.267. The van der Waals surface area contributed by atoms with Gasteiger partial charge in [-0.1, -0.05) is 47.5 Å². The molecule has 0 amide bonds. The maximum absolute atomic E-state index is 3.85. The highest BCUT2D eigenvalue weighted by Gasteiger charge is 1.98. The van der Waals surface area contributed by atoms with E-state index in [0.717, 1.165) is 18.5 Å². The zero-order valence-electron chi connectivity index (χ0n) is 10.1. The Hall–Kier alpha value is -1.63. The van der Waals surface area contributed by atoms with Gasteiger partial charge in [0, 0.05) is 5.70 Å². The van der Waals surface area contributed by atoms with Crippen molar-refractivity contribution in [1.29, 1.82) is 0 Å². The quantitative estimate of drug-likeness (QED) is 0.616. The average molecular weight is 213 g/mol. The molecule has 0 spiro atoms. The first kappa shape index (κ1) is 12.4. The van der Waals surface area contributed by atoms with Crippen molar-refractivity contribution in [3.05, 3.63) is 59.3 Å². The minimum absolute atomic E-state index is 1.06. The molecule has 84 valence electrons. The number of nitrogens with zero attached hydrogens (tertiary/aromatic N) is 1. The summed E-state index contributed by atoms with van der Waals surface area (Å²) in [6.07, 6.45) is 6.34. The van der Waals surface area contributed by atoms with Crippen molar-refractivity contribution < 1.29 is 0 Å². The highest BCUT2D eigenvalue weighted by molar-refractivity contribution is 5.32. The van der Waals surface area contributed by atoms with Crippen LogP contribution in [0.15, 0.2) is 58.7 Å². The Morgan fingerprint density at radius 3 is 2.06 bits per heavy atom. The van der Waals surface area contributed by atoms with Crippen LogP contribution in [0.4, 0.5) is 0 Å². The van der Waals surface area contributed by atoms with Gasteiger partial charge < -0.3 is 0 Å². The Labute approximate surface area is 98.2 Å². The molecule has 0 saturated heterocycles. The smallest absolute Gasteiger partial charge is 0.0399 e. The lowest BCUT2D eigenvalue weighted by Crippen LogP contribution is -1.86. The van der Waals surface area contributed by atoms with Gasteiger partial charge in [0.2, 0.25) is 0 Å². The van der Waals surface area contributed by atoms with Gasteiger partial charge in [-0.3, -0.25) is 4.99 Å². The van der Waals surface area contributed by atoms with Crippen LogP contribution < -0.4 is 0 Å². The number of aryl methyl sites for hydroxylation is 1. The third-order valence-electron chi connectivity index (χ3n) is 2.48. The van der Waals surface area contributed by atoms with Gasteiger partial charge in [0.15, 0.2) is 0 Å². The van der Waals surface area contributed by atoms with E-state index in [1.165, 1.54) is 11.1 Å². The van der Waals surface area contributed by atoms with E-state index in [4.69, 9.17) is 0 Å². The second-order valence-electron chi connectivity index (χ2n) is 3.98. The summed E-state index contributed by atoms with van der Waals surface area (Å²) in [6.45, 7) is 7.68. The Bertz CT molecular complexity index is 385. The molecule has 0 heterocycles. The fourth-order valence-electron chi connectivity index (χ4n) is 1.40.